The van der Waals surface area contributed by atoms with Crippen molar-refractivity contribution in [1.82, 2.24) is 0 Å². The van der Waals surface area contributed by atoms with E-state index in [1.165, 1.54) is 5.56 Å². The van der Waals surface area contributed by atoms with Gasteiger partial charge in [-0.1, -0.05) is 54.6 Å². The average molecular weight is 248 g/mol. The van der Waals surface area contributed by atoms with Crippen molar-refractivity contribution >= 4 is 11.9 Å². The topological polar surface area (TPSA) is 17.1 Å². The quantitative estimate of drug-likeness (QED) is 0.543. The van der Waals surface area contributed by atoms with Crippen LogP contribution in [0.3, 0.4) is 0 Å². The lowest BCUT2D eigenvalue weighted by molar-refractivity contribution is 0.103. The molecule has 1 aliphatic rings. The van der Waals surface area contributed by atoms with E-state index in [0.29, 0.717) is 0 Å². The molecular weight excluding hydrogens is 232 g/mol. The second-order valence-electron chi connectivity index (χ2n) is 4.92. The molecule has 19 heavy (non-hydrogen) atoms. The van der Waals surface area contributed by atoms with Crippen molar-refractivity contribution < 1.29 is 4.79 Å². The number of carbonyl (C=O) groups is 1. The molecule has 0 fully saturated rings. The normalized spacial score (nSPS) is 17.1. The molecule has 0 saturated carbocycles. The van der Waals surface area contributed by atoms with Crippen LogP contribution in [0.2, 0.25) is 0 Å². The number of aryl methyl sites for hydroxylation is 1. The number of rotatable bonds is 1. The van der Waals surface area contributed by atoms with Gasteiger partial charge >= 0.3 is 0 Å². The van der Waals surface area contributed by atoms with Gasteiger partial charge in [0.1, 0.15) is 0 Å². The molecule has 0 radical (unpaired) electrons. The molecule has 1 nitrogen and oxygen atoms in total. The maximum atomic E-state index is 12.6. The fourth-order valence-corrected chi connectivity index (χ4v) is 2.60. The first-order chi connectivity index (χ1) is 9.34. The Labute approximate surface area is 113 Å². The van der Waals surface area contributed by atoms with E-state index in [1.54, 1.807) is 0 Å². The van der Waals surface area contributed by atoms with Crippen LogP contribution in [0, 0.1) is 0 Å². The molecule has 1 aliphatic carbocycles. The number of fused-ring (bicyclic) bond motifs is 1. The zero-order valence-corrected chi connectivity index (χ0v) is 10.8. The van der Waals surface area contributed by atoms with Gasteiger partial charge in [-0.15, -0.1) is 0 Å². The second kappa shape index (κ2) is 5.23. The molecule has 0 amide bonds. The highest BCUT2D eigenvalue weighted by molar-refractivity contribution is 6.12. The lowest BCUT2D eigenvalue weighted by Gasteiger charge is -2.04. The molecule has 2 aromatic rings. The summed E-state index contributed by atoms with van der Waals surface area (Å²) in [4.78, 5) is 12.6. The van der Waals surface area contributed by atoms with E-state index in [2.05, 4.69) is 6.07 Å². The van der Waals surface area contributed by atoms with Crippen LogP contribution in [-0.4, -0.2) is 5.78 Å². The smallest absolute Gasteiger partial charge is 0.189 e. The van der Waals surface area contributed by atoms with Crippen molar-refractivity contribution in [3.63, 3.8) is 0 Å². The predicted octanol–water partition coefficient (Wildman–Crippen LogP) is 4.29. The van der Waals surface area contributed by atoms with Gasteiger partial charge in [-0.25, -0.2) is 0 Å². The highest BCUT2D eigenvalue weighted by Gasteiger charge is 2.19. The van der Waals surface area contributed by atoms with Crippen LogP contribution in [0.15, 0.2) is 60.2 Å². The van der Waals surface area contributed by atoms with E-state index < -0.39 is 0 Å². The van der Waals surface area contributed by atoms with E-state index in [9.17, 15) is 4.79 Å². The summed E-state index contributed by atoms with van der Waals surface area (Å²) in [6, 6.07) is 18.0. The third-order valence-electron chi connectivity index (χ3n) is 3.59. The van der Waals surface area contributed by atoms with Gasteiger partial charge in [-0.3, -0.25) is 4.79 Å². The largest absolute Gasteiger partial charge is 0.289 e. The molecule has 0 aromatic heterocycles. The number of ketones is 1. The summed E-state index contributed by atoms with van der Waals surface area (Å²) in [6.07, 6.45) is 4.93. The summed E-state index contributed by atoms with van der Waals surface area (Å²) >= 11 is 0. The number of allylic oxidation sites excluding steroid dienone is 1. The molecule has 0 atom stereocenters. The number of benzene rings is 2. The van der Waals surface area contributed by atoms with Crippen molar-refractivity contribution in [2.24, 2.45) is 0 Å². The number of hydrogen-bond acceptors (Lipinski definition) is 1. The third kappa shape index (κ3) is 2.50. The van der Waals surface area contributed by atoms with Gasteiger partial charge in [-0.05, 0) is 36.5 Å². The van der Waals surface area contributed by atoms with Gasteiger partial charge in [0.05, 0.1) is 0 Å². The molecular formula is C18H16O. The van der Waals surface area contributed by atoms with Crippen LogP contribution in [0.25, 0.3) is 6.08 Å². The number of hydrogen-bond donors (Lipinski definition) is 0. The van der Waals surface area contributed by atoms with Gasteiger partial charge in [0.25, 0.3) is 0 Å². The van der Waals surface area contributed by atoms with Crippen LogP contribution >= 0.6 is 0 Å². The fourth-order valence-electron chi connectivity index (χ4n) is 2.60. The van der Waals surface area contributed by atoms with Crippen LogP contribution in [0.5, 0.6) is 0 Å². The van der Waals surface area contributed by atoms with E-state index in [0.717, 1.165) is 36.0 Å². The third-order valence-corrected chi connectivity index (χ3v) is 3.59. The molecule has 0 aliphatic heterocycles. The summed E-state index contributed by atoms with van der Waals surface area (Å²) in [5.41, 5.74) is 4.09. The summed E-state index contributed by atoms with van der Waals surface area (Å²) < 4.78 is 0. The zero-order chi connectivity index (χ0) is 13.1. The lowest BCUT2D eigenvalue weighted by Crippen LogP contribution is -2.03. The highest BCUT2D eigenvalue weighted by Crippen LogP contribution is 2.25. The Bertz CT molecular complexity index is 623. The minimum atomic E-state index is 0.192. The lowest BCUT2D eigenvalue weighted by atomic mass is 9.98. The van der Waals surface area contributed by atoms with Crippen LogP contribution < -0.4 is 0 Å². The molecule has 0 saturated heterocycles. The van der Waals surface area contributed by atoms with Gasteiger partial charge in [-0.2, -0.15) is 0 Å². The SMILES string of the molecule is O=C1C(=Cc2ccccc2)CCCc2ccccc21. The number of Topliss-reactive ketones (excluding diaryl/α,β-unsaturated/α-hetero) is 1. The Balaban J connectivity index is 2.01. The second-order valence-corrected chi connectivity index (χ2v) is 4.92. The molecule has 0 heterocycles. The van der Waals surface area contributed by atoms with Crippen molar-refractivity contribution in [3.8, 4) is 0 Å². The Hall–Kier alpha value is -2.15. The van der Waals surface area contributed by atoms with E-state index in [1.807, 2.05) is 54.6 Å². The molecule has 0 N–H and O–H groups in total. The summed E-state index contributed by atoms with van der Waals surface area (Å²) in [6.45, 7) is 0. The van der Waals surface area contributed by atoms with Crippen molar-refractivity contribution in [1.29, 1.82) is 0 Å². The molecule has 3 rings (SSSR count). The Morgan fingerprint density at radius 1 is 0.842 bits per heavy atom. The van der Waals surface area contributed by atoms with Crippen molar-refractivity contribution in [3.05, 3.63) is 76.9 Å². The molecule has 0 bridgehead atoms. The zero-order valence-electron chi connectivity index (χ0n) is 10.8. The van der Waals surface area contributed by atoms with Gasteiger partial charge in [0.2, 0.25) is 0 Å². The van der Waals surface area contributed by atoms with Gasteiger partial charge in [0, 0.05) is 11.1 Å². The van der Waals surface area contributed by atoms with Gasteiger partial charge < -0.3 is 0 Å². The Morgan fingerprint density at radius 2 is 1.58 bits per heavy atom. The minimum Gasteiger partial charge on any atom is -0.289 e. The first-order valence-electron chi connectivity index (χ1n) is 6.73. The van der Waals surface area contributed by atoms with Crippen molar-refractivity contribution in [2.45, 2.75) is 19.3 Å². The number of carbonyl (C=O) groups excluding carboxylic acids is 1. The summed E-state index contributed by atoms with van der Waals surface area (Å²) in [5, 5.41) is 0. The molecule has 0 spiro atoms. The molecule has 94 valence electrons. The maximum Gasteiger partial charge on any atom is 0.189 e. The summed E-state index contributed by atoms with van der Waals surface area (Å²) in [5.74, 6) is 0.192. The first kappa shape index (κ1) is 11.9. The average Bonchev–Trinajstić information content (AvgIpc) is 2.61. The van der Waals surface area contributed by atoms with Crippen LogP contribution in [-0.2, 0) is 6.42 Å². The molecule has 1 heteroatoms. The first-order valence-corrected chi connectivity index (χ1v) is 6.73. The monoisotopic (exact) mass is 248 g/mol. The summed E-state index contributed by atoms with van der Waals surface area (Å²) in [7, 11) is 0. The van der Waals surface area contributed by atoms with Gasteiger partial charge in [0.15, 0.2) is 5.78 Å². The van der Waals surface area contributed by atoms with Crippen LogP contribution in [0.1, 0.15) is 34.3 Å². The standard InChI is InChI=1S/C18H16O/c19-18-16(13-14-7-2-1-3-8-14)11-6-10-15-9-4-5-12-17(15)18/h1-5,7-9,12-13H,6,10-11H2. The molecule has 2 aromatic carbocycles. The maximum absolute atomic E-state index is 12.6. The Morgan fingerprint density at radius 3 is 2.42 bits per heavy atom. The van der Waals surface area contributed by atoms with E-state index in [4.69, 9.17) is 0 Å². The minimum absolute atomic E-state index is 0.192. The van der Waals surface area contributed by atoms with E-state index in [-0.39, 0.29) is 5.78 Å². The Kier molecular flexibility index (Phi) is 3.28. The predicted molar refractivity (Wildman–Crippen MR) is 78.1 cm³/mol. The van der Waals surface area contributed by atoms with E-state index >= 15 is 0 Å². The van der Waals surface area contributed by atoms with Crippen molar-refractivity contribution in [2.75, 3.05) is 0 Å². The van der Waals surface area contributed by atoms with Crippen LogP contribution in [0.4, 0.5) is 0 Å². The fraction of sp³-hybridized carbons (Fsp3) is 0.167. The highest BCUT2D eigenvalue weighted by atomic mass is 16.1. The molecule has 0 unspecified atom stereocenters.